The fourth-order valence-corrected chi connectivity index (χ4v) is 1.78. The van der Waals surface area contributed by atoms with E-state index in [2.05, 4.69) is 4.98 Å². The van der Waals surface area contributed by atoms with Crippen LogP contribution in [0.2, 0.25) is 5.02 Å². The molecule has 0 unspecified atom stereocenters. The van der Waals surface area contributed by atoms with E-state index in [1.165, 1.54) is 17.3 Å². The van der Waals surface area contributed by atoms with E-state index in [-0.39, 0.29) is 12.5 Å². The Bertz CT molecular complexity index is 451. The second-order valence-corrected chi connectivity index (χ2v) is 4.29. The number of carbonyl (C=O) groups is 2. The third-order valence-corrected chi connectivity index (χ3v) is 2.73. The van der Waals surface area contributed by atoms with Crippen LogP contribution in [0.3, 0.4) is 0 Å². The monoisotopic (exact) mass is 284 g/mol. The molecule has 0 atom stereocenters. The summed E-state index contributed by atoms with van der Waals surface area (Å²) in [5.74, 6) is -0.739. The summed E-state index contributed by atoms with van der Waals surface area (Å²) >= 11 is 5.96. The summed E-state index contributed by atoms with van der Waals surface area (Å²) in [5.41, 5.74) is 0.293. The van der Waals surface area contributed by atoms with E-state index >= 15 is 0 Å². The number of aromatic nitrogens is 1. The SMILES string of the molecule is CCCN(CC(=O)OCC)C(=O)c1cnccc1Cl. The predicted octanol–water partition coefficient (Wildman–Crippen LogP) is 2.15. The number of ether oxygens (including phenoxy) is 1. The first kappa shape index (κ1) is 15.4. The van der Waals surface area contributed by atoms with E-state index in [9.17, 15) is 9.59 Å². The largest absolute Gasteiger partial charge is 0.465 e. The molecular weight excluding hydrogens is 268 g/mol. The number of rotatable bonds is 6. The minimum Gasteiger partial charge on any atom is -0.465 e. The van der Waals surface area contributed by atoms with Crippen molar-refractivity contribution in [3.63, 3.8) is 0 Å². The molecule has 6 heteroatoms. The maximum atomic E-state index is 12.3. The van der Waals surface area contributed by atoms with Crippen molar-refractivity contribution in [2.24, 2.45) is 0 Å². The zero-order valence-corrected chi connectivity index (χ0v) is 11.8. The van der Waals surface area contributed by atoms with Crippen LogP contribution in [0.15, 0.2) is 18.5 Å². The van der Waals surface area contributed by atoms with Gasteiger partial charge in [0.2, 0.25) is 0 Å². The Kier molecular flexibility index (Phi) is 6.29. The molecule has 0 aromatic carbocycles. The average Bonchev–Trinajstić information content (AvgIpc) is 2.38. The van der Waals surface area contributed by atoms with Gasteiger partial charge in [-0.25, -0.2) is 0 Å². The van der Waals surface area contributed by atoms with Crippen LogP contribution >= 0.6 is 11.6 Å². The van der Waals surface area contributed by atoms with E-state index in [1.54, 1.807) is 13.0 Å². The molecule has 1 heterocycles. The lowest BCUT2D eigenvalue weighted by Crippen LogP contribution is -2.37. The van der Waals surface area contributed by atoms with Gasteiger partial charge in [0.25, 0.3) is 5.91 Å². The van der Waals surface area contributed by atoms with Gasteiger partial charge in [0.1, 0.15) is 6.54 Å². The van der Waals surface area contributed by atoms with Gasteiger partial charge in [-0.05, 0) is 19.4 Å². The summed E-state index contributed by atoms with van der Waals surface area (Å²) < 4.78 is 4.85. The molecule has 0 spiro atoms. The second-order valence-electron chi connectivity index (χ2n) is 3.89. The Hall–Kier alpha value is -1.62. The van der Waals surface area contributed by atoms with Crippen LogP contribution in [0.5, 0.6) is 0 Å². The topological polar surface area (TPSA) is 59.5 Å². The first-order valence-electron chi connectivity index (χ1n) is 6.14. The van der Waals surface area contributed by atoms with Crippen molar-refractivity contribution >= 4 is 23.5 Å². The normalized spacial score (nSPS) is 10.1. The molecule has 0 aliphatic rings. The fourth-order valence-electron chi connectivity index (χ4n) is 1.59. The van der Waals surface area contributed by atoms with Crippen LogP contribution in [0.1, 0.15) is 30.6 Å². The first-order chi connectivity index (χ1) is 9.10. The Morgan fingerprint density at radius 2 is 2.16 bits per heavy atom. The maximum Gasteiger partial charge on any atom is 0.325 e. The van der Waals surface area contributed by atoms with Gasteiger partial charge in [0, 0.05) is 18.9 Å². The Morgan fingerprint density at radius 3 is 2.74 bits per heavy atom. The van der Waals surface area contributed by atoms with Gasteiger partial charge in [-0.2, -0.15) is 0 Å². The van der Waals surface area contributed by atoms with Crippen molar-refractivity contribution < 1.29 is 14.3 Å². The van der Waals surface area contributed by atoms with Crippen molar-refractivity contribution in [2.75, 3.05) is 19.7 Å². The smallest absolute Gasteiger partial charge is 0.325 e. The number of esters is 1. The second kappa shape index (κ2) is 7.74. The van der Waals surface area contributed by atoms with Crippen LogP contribution in [0, 0.1) is 0 Å². The molecule has 0 fully saturated rings. The summed E-state index contributed by atoms with van der Waals surface area (Å²) in [7, 11) is 0. The van der Waals surface area contributed by atoms with Gasteiger partial charge < -0.3 is 9.64 Å². The number of amides is 1. The highest BCUT2D eigenvalue weighted by Crippen LogP contribution is 2.16. The predicted molar refractivity (Wildman–Crippen MR) is 72.1 cm³/mol. The highest BCUT2D eigenvalue weighted by atomic mass is 35.5. The first-order valence-corrected chi connectivity index (χ1v) is 6.52. The minimum absolute atomic E-state index is 0.0776. The third-order valence-electron chi connectivity index (χ3n) is 2.40. The van der Waals surface area contributed by atoms with Gasteiger partial charge in [-0.3, -0.25) is 14.6 Å². The molecule has 0 bridgehead atoms. The fraction of sp³-hybridized carbons (Fsp3) is 0.462. The number of hydrogen-bond acceptors (Lipinski definition) is 4. The number of hydrogen-bond donors (Lipinski definition) is 0. The maximum absolute atomic E-state index is 12.3. The van der Waals surface area contributed by atoms with Crippen LogP contribution in [-0.2, 0) is 9.53 Å². The lowest BCUT2D eigenvalue weighted by Gasteiger charge is -2.21. The lowest BCUT2D eigenvalue weighted by molar-refractivity contribution is -0.143. The molecular formula is C13H17ClN2O3. The molecule has 5 nitrogen and oxygen atoms in total. The third kappa shape index (κ3) is 4.52. The van der Waals surface area contributed by atoms with Crippen molar-refractivity contribution in [3.8, 4) is 0 Å². The molecule has 1 rings (SSSR count). The lowest BCUT2D eigenvalue weighted by atomic mass is 10.2. The summed E-state index contributed by atoms with van der Waals surface area (Å²) in [4.78, 5) is 29.1. The molecule has 0 aliphatic carbocycles. The van der Waals surface area contributed by atoms with Crippen LogP contribution in [0.25, 0.3) is 0 Å². The van der Waals surface area contributed by atoms with E-state index in [4.69, 9.17) is 16.3 Å². The molecule has 1 amide bonds. The molecule has 104 valence electrons. The van der Waals surface area contributed by atoms with E-state index < -0.39 is 5.97 Å². The summed E-state index contributed by atoms with van der Waals surface area (Å²) in [6.45, 7) is 4.33. The van der Waals surface area contributed by atoms with Crippen molar-refractivity contribution in [1.82, 2.24) is 9.88 Å². The summed E-state index contributed by atoms with van der Waals surface area (Å²) in [6.07, 6.45) is 3.65. The summed E-state index contributed by atoms with van der Waals surface area (Å²) in [5, 5.41) is 0.324. The van der Waals surface area contributed by atoms with Crippen molar-refractivity contribution in [3.05, 3.63) is 29.0 Å². The Balaban J connectivity index is 2.84. The number of carbonyl (C=O) groups excluding carboxylic acids is 2. The van der Waals surface area contributed by atoms with Crippen LogP contribution in [0.4, 0.5) is 0 Å². The standard InChI is InChI=1S/C13H17ClN2O3/c1-3-7-16(9-12(17)19-4-2)13(18)10-8-15-6-5-11(10)14/h5-6,8H,3-4,7,9H2,1-2H3. The molecule has 0 saturated carbocycles. The summed E-state index contributed by atoms with van der Waals surface area (Å²) in [6, 6.07) is 1.54. The molecule has 1 aromatic heterocycles. The minimum atomic E-state index is -0.427. The number of halogens is 1. The van der Waals surface area contributed by atoms with Gasteiger partial charge in [-0.1, -0.05) is 18.5 Å². The molecule has 0 aliphatic heterocycles. The van der Waals surface area contributed by atoms with Gasteiger partial charge in [0.15, 0.2) is 0 Å². The zero-order chi connectivity index (χ0) is 14.3. The number of pyridine rings is 1. The van der Waals surface area contributed by atoms with Crippen LogP contribution < -0.4 is 0 Å². The Morgan fingerprint density at radius 1 is 1.42 bits per heavy atom. The van der Waals surface area contributed by atoms with E-state index in [0.29, 0.717) is 23.7 Å². The van der Waals surface area contributed by atoms with Crippen molar-refractivity contribution in [2.45, 2.75) is 20.3 Å². The highest BCUT2D eigenvalue weighted by Gasteiger charge is 2.20. The molecule has 0 N–H and O–H groups in total. The molecule has 0 saturated heterocycles. The molecule has 1 aromatic rings. The van der Waals surface area contributed by atoms with Gasteiger partial charge >= 0.3 is 5.97 Å². The quantitative estimate of drug-likeness (QED) is 0.751. The van der Waals surface area contributed by atoms with E-state index in [1.807, 2.05) is 6.92 Å². The van der Waals surface area contributed by atoms with Crippen molar-refractivity contribution in [1.29, 1.82) is 0 Å². The molecule has 0 radical (unpaired) electrons. The highest BCUT2D eigenvalue weighted by molar-refractivity contribution is 6.33. The number of nitrogens with zero attached hydrogens (tertiary/aromatic N) is 2. The average molecular weight is 285 g/mol. The van der Waals surface area contributed by atoms with E-state index in [0.717, 1.165) is 6.42 Å². The van der Waals surface area contributed by atoms with Gasteiger partial charge in [0.05, 0.1) is 17.2 Å². The Labute approximate surface area is 117 Å². The molecule has 19 heavy (non-hydrogen) atoms. The van der Waals surface area contributed by atoms with Gasteiger partial charge in [-0.15, -0.1) is 0 Å². The zero-order valence-electron chi connectivity index (χ0n) is 11.1. The van der Waals surface area contributed by atoms with Crippen LogP contribution in [-0.4, -0.2) is 41.5 Å².